The standard InChI is InChI=1S/C18H16F2N2O3/c19-14-4-3-11(6-15(14)20)16-8-13(23)10-22(16)9-12-7-18(25-21-12)17-2-1-5-24-17/h1-7,13,16,23H,8-10H2. The number of aliphatic hydroxyl groups excluding tert-OH is 1. The molecule has 25 heavy (non-hydrogen) atoms. The van der Waals surface area contributed by atoms with E-state index in [0.29, 0.717) is 42.3 Å². The number of β-amino-alcohol motifs (C(OH)–C–C–N with tert-alkyl or cyclic N) is 1. The van der Waals surface area contributed by atoms with E-state index < -0.39 is 17.7 Å². The monoisotopic (exact) mass is 346 g/mol. The highest BCUT2D eigenvalue weighted by Gasteiger charge is 2.33. The van der Waals surface area contributed by atoms with Crippen LogP contribution in [-0.4, -0.2) is 27.8 Å². The molecule has 130 valence electrons. The molecule has 5 nitrogen and oxygen atoms in total. The van der Waals surface area contributed by atoms with Gasteiger partial charge in [-0.1, -0.05) is 11.2 Å². The highest BCUT2D eigenvalue weighted by Crippen LogP contribution is 2.34. The lowest BCUT2D eigenvalue weighted by Crippen LogP contribution is -2.24. The Morgan fingerprint density at radius 1 is 1.16 bits per heavy atom. The van der Waals surface area contributed by atoms with E-state index in [9.17, 15) is 13.9 Å². The van der Waals surface area contributed by atoms with E-state index in [2.05, 4.69) is 5.16 Å². The number of aromatic nitrogens is 1. The Hall–Kier alpha value is -2.51. The minimum atomic E-state index is -0.889. The van der Waals surface area contributed by atoms with Gasteiger partial charge in [0.25, 0.3) is 0 Å². The van der Waals surface area contributed by atoms with Crippen molar-refractivity contribution in [3.8, 4) is 11.5 Å². The van der Waals surface area contributed by atoms with Crippen molar-refractivity contribution in [2.75, 3.05) is 6.54 Å². The van der Waals surface area contributed by atoms with Gasteiger partial charge in [0.1, 0.15) is 0 Å². The number of aliphatic hydroxyl groups is 1. The van der Waals surface area contributed by atoms with Gasteiger partial charge >= 0.3 is 0 Å². The number of furan rings is 1. The maximum Gasteiger partial charge on any atom is 0.202 e. The maximum atomic E-state index is 13.6. The van der Waals surface area contributed by atoms with Crippen molar-refractivity contribution >= 4 is 0 Å². The van der Waals surface area contributed by atoms with Crippen molar-refractivity contribution < 1.29 is 22.8 Å². The smallest absolute Gasteiger partial charge is 0.202 e. The highest BCUT2D eigenvalue weighted by molar-refractivity contribution is 5.49. The summed E-state index contributed by atoms with van der Waals surface area (Å²) < 4.78 is 37.3. The molecule has 0 amide bonds. The van der Waals surface area contributed by atoms with E-state index in [0.717, 1.165) is 6.07 Å². The average molecular weight is 346 g/mol. The lowest BCUT2D eigenvalue weighted by Gasteiger charge is -2.23. The van der Waals surface area contributed by atoms with Crippen LogP contribution in [0.4, 0.5) is 8.78 Å². The van der Waals surface area contributed by atoms with Gasteiger partial charge in [-0.25, -0.2) is 8.78 Å². The number of likely N-dealkylation sites (tertiary alicyclic amines) is 1. The first-order valence-electron chi connectivity index (χ1n) is 7.96. The van der Waals surface area contributed by atoms with E-state index in [4.69, 9.17) is 8.94 Å². The lowest BCUT2D eigenvalue weighted by atomic mass is 10.0. The van der Waals surface area contributed by atoms with Crippen LogP contribution in [0.15, 0.2) is 51.6 Å². The summed E-state index contributed by atoms with van der Waals surface area (Å²) in [4.78, 5) is 1.97. The van der Waals surface area contributed by atoms with E-state index in [1.807, 2.05) is 4.90 Å². The van der Waals surface area contributed by atoms with Crippen molar-refractivity contribution in [3.63, 3.8) is 0 Å². The Balaban J connectivity index is 1.55. The summed E-state index contributed by atoms with van der Waals surface area (Å²) in [5.74, 6) is -0.671. The fourth-order valence-corrected chi connectivity index (χ4v) is 3.25. The molecule has 7 heteroatoms. The molecule has 2 atom stereocenters. The molecule has 3 heterocycles. The molecule has 0 aliphatic carbocycles. The quantitative estimate of drug-likeness (QED) is 0.783. The van der Waals surface area contributed by atoms with Crippen molar-refractivity contribution in [2.45, 2.75) is 25.1 Å². The van der Waals surface area contributed by atoms with Crippen molar-refractivity contribution in [3.05, 3.63) is 65.6 Å². The molecule has 1 N–H and O–H groups in total. The van der Waals surface area contributed by atoms with Crippen molar-refractivity contribution in [2.24, 2.45) is 0 Å². The third kappa shape index (κ3) is 3.20. The molecule has 1 aliphatic heterocycles. The van der Waals surface area contributed by atoms with Crippen LogP contribution in [0.2, 0.25) is 0 Å². The van der Waals surface area contributed by atoms with Gasteiger partial charge in [0.15, 0.2) is 17.4 Å². The molecule has 1 aromatic carbocycles. The Bertz CT molecular complexity index is 863. The molecule has 3 aromatic rings. The number of benzene rings is 1. The third-order valence-electron chi connectivity index (χ3n) is 4.40. The molecule has 0 saturated carbocycles. The van der Waals surface area contributed by atoms with Crippen LogP contribution in [0, 0.1) is 11.6 Å². The number of hydrogen-bond acceptors (Lipinski definition) is 5. The van der Waals surface area contributed by atoms with E-state index >= 15 is 0 Å². The average Bonchev–Trinajstić information content (AvgIpc) is 3.31. The van der Waals surface area contributed by atoms with Crippen LogP contribution in [0.25, 0.3) is 11.5 Å². The van der Waals surface area contributed by atoms with E-state index in [-0.39, 0.29) is 6.04 Å². The van der Waals surface area contributed by atoms with Crippen LogP contribution in [-0.2, 0) is 6.54 Å². The zero-order valence-corrected chi connectivity index (χ0v) is 13.2. The first-order chi connectivity index (χ1) is 12.1. The van der Waals surface area contributed by atoms with Crippen LogP contribution in [0.5, 0.6) is 0 Å². The summed E-state index contributed by atoms with van der Waals surface area (Å²) in [6.45, 7) is 0.845. The zero-order chi connectivity index (χ0) is 17.4. The minimum Gasteiger partial charge on any atom is -0.461 e. The predicted octanol–water partition coefficient (Wildman–Crippen LogP) is 3.52. The van der Waals surface area contributed by atoms with Gasteiger partial charge in [-0.05, 0) is 36.2 Å². The maximum absolute atomic E-state index is 13.6. The molecule has 0 spiro atoms. The highest BCUT2D eigenvalue weighted by atomic mass is 19.2. The Morgan fingerprint density at radius 2 is 2.04 bits per heavy atom. The fraction of sp³-hybridized carbons (Fsp3) is 0.278. The molecule has 0 radical (unpaired) electrons. The topological polar surface area (TPSA) is 62.6 Å². The number of nitrogens with zero attached hydrogens (tertiary/aromatic N) is 2. The van der Waals surface area contributed by atoms with Crippen LogP contribution >= 0.6 is 0 Å². The number of halogens is 2. The van der Waals surface area contributed by atoms with Gasteiger partial charge in [-0.3, -0.25) is 4.90 Å². The first kappa shape index (κ1) is 16.0. The summed E-state index contributed by atoms with van der Waals surface area (Å²) in [5.41, 5.74) is 1.30. The van der Waals surface area contributed by atoms with Crippen molar-refractivity contribution in [1.82, 2.24) is 10.1 Å². The fourth-order valence-electron chi connectivity index (χ4n) is 3.25. The molecule has 0 bridgehead atoms. The second kappa shape index (κ2) is 6.42. The van der Waals surface area contributed by atoms with Gasteiger partial charge in [-0.2, -0.15) is 0 Å². The Morgan fingerprint density at radius 3 is 2.80 bits per heavy atom. The van der Waals surface area contributed by atoms with Gasteiger partial charge in [-0.15, -0.1) is 0 Å². The predicted molar refractivity (Wildman–Crippen MR) is 84.3 cm³/mol. The third-order valence-corrected chi connectivity index (χ3v) is 4.40. The first-order valence-corrected chi connectivity index (χ1v) is 7.96. The number of hydrogen-bond donors (Lipinski definition) is 1. The van der Waals surface area contributed by atoms with Crippen LogP contribution in [0.3, 0.4) is 0 Å². The van der Waals surface area contributed by atoms with Crippen molar-refractivity contribution in [1.29, 1.82) is 0 Å². The lowest BCUT2D eigenvalue weighted by molar-refractivity contribution is 0.171. The van der Waals surface area contributed by atoms with Crippen LogP contribution < -0.4 is 0 Å². The van der Waals surface area contributed by atoms with Gasteiger partial charge in [0, 0.05) is 25.2 Å². The van der Waals surface area contributed by atoms with Gasteiger partial charge in [0.05, 0.1) is 18.1 Å². The minimum absolute atomic E-state index is 0.214. The molecule has 4 rings (SSSR count). The summed E-state index contributed by atoms with van der Waals surface area (Å²) in [6, 6.07) is 8.92. The molecule has 1 fully saturated rings. The molecule has 1 saturated heterocycles. The molecule has 1 aliphatic rings. The van der Waals surface area contributed by atoms with Crippen LogP contribution in [0.1, 0.15) is 23.7 Å². The summed E-state index contributed by atoms with van der Waals surface area (Å²) in [6.07, 6.45) is 1.47. The SMILES string of the molecule is OC1CC(c2ccc(F)c(F)c2)N(Cc2cc(-c3ccco3)on2)C1. The molecular weight excluding hydrogens is 330 g/mol. The second-order valence-electron chi connectivity index (χ2n) is 6.17. The van der Waals surface area contributed by atoms with Gasteiger partial charge < -0.3 is 14.0 Å². The molecule has 2 aromatic heterocycles. The molecule has 2 unspecified atom stereocenters. The Kier molecular flexibility index (Phi) is 4.10. The largest absolute Gasteiger partial charge is 0.461 e. The zero-order valence-electron chi connectivity index (χ0n) is 13.2. The molecular formula is C18H16F2N2O3. The second-order valence-corrected chi connectivity index (χ2v) is 6.17. The van der Waals surface area contributed by atoms with E-state index in [1.54, 1.807) is 30.5 Å². The normalized spacial score (nSPS) is 21.1. The Labute approximate surface area is 142 Å². The van der Waals surface area contributed by atoms with Gasteiger partial charge in [0.2, 0.25) is 5.76 Å². The summed E-state index contributed by atoms with van der Waals surface area (Å²) in [5, 5.41) is 14.0. The summed E-state index contributed by atoms with van der Waals surface area (Å²) in [7, 11) is 0. The number of rotatable bonds is 4. The van der Waals surface area contributed by atoms with E-state index in [1.165, 1.54) is 6.07 Å². The summed E-state index contributed by atoms with van der Waals surface area (Å²) >= 11 is 0.